The Balaban J connectivity index is 2.16. The molecule has 0 aromatic heterocycles. The molecule has 1 N–H and O–H groups in total. The highest BCUT2D eigenvalue weighted by molar-refractivity contribution is 5.61. The third kappa shape index (κ3) is 5.04. The molecule has 6 heteroatoms. The molecule has 0 saturated heterocycles. The fraction of sp³-hybridized carbons (Fsp3) is 0.350. The van der Waals surface area contributed by atoms with Crippen molar-refractivity contribution in [1.82, 2.24) is 4.90 Å². The number of nitriles is 1. The Hall–Kier alpha value is -2.91. The van der Waals surface area contributed by atoms with Crippen LogP contribution in [0.25, 0.3) is 0 Å². The van der Waals surface area contributed by atoms with Crippen LogP contribution in [0.3, 0.4) is 0 Å². The van der Waals surface area contributed by atoms with Gasteiger partial charge in [-0.25, -0.2) is 0 Å². The van der Waals surface area contributed by atoms with Crippen LogP contribution in [0.5, 0.6) is 0 Å². The summed E-state index contributed by atoms with van der Waals surface area (Å²) in [7, 11) is 0. The van der Waals surface area contributed by atoms with Crippen molar-refractivity contribution in [3.63, 3.8) is 0 Å². The number of rotatable bonds is 9. The van der Waals surface area contributed by atoms with E-state index in [0.29, 0.717) is 12.2 Å². The van der Waals surface area contributed by atoms with Gasteiger partial charge in [0.05, 0.1) is 16.2 Å². The van der Waals surface area contributed by atoms with Crippen LogP contribution >= 0.6 is 0 Å². The number of anilines is 1. The lowest BCUT2D eigenvalue weighted by molar-refractivity contribution is -0.384. The van der Waals surface area contributed by atoms with Crippen LogP contribution < -0.4 is 5.32 Å². The van der Waals surface area contributed by atoms with Gasteiger partial charge in [0.25, 0.3) is 5.69 Å². The molecular formula is C20H24N4O2. The number of benzene rings is 2. The van der Waals surface area contributed by atoms with Gasteiger partial charge in [0.2, 0.25) is 0 Å². The molecule has 2 rings (SSSR count). The van der Waals surface area contributed by atoms with Crippen molar-refractivity contribution in [3.8, 4) is 6.07 Å². The topological polar surface area (TPSA) is 82.2 Å². The molecule has 0 saturated carbocycles. The van der Waals surface area contributed by atoms with E-state index < -0.39 is 4.92 Å². The van der Waals surface area contributed by atoms with Gasteiger partial charge in [-0.3, -0.25) is 15.0 Å². The molecule has 1 atom stereocenters. The summed E-state index contributed by atoms with van der Waals surface area (Å²) in [6.45, 7) is 6.79. The van der Waals surface area contributed by atoms with E-state index in [1.54, 1.807) is 6.07 Å². The van der Waals surface area contributed by atoms with E-state index in [-0.39, 0.29) is 17.3 Å². The van der Waals surface area contributed by atoms with E-state index >= 15 is 0 Å². The smallest absolute Gasteiger partial charge is 0.270 e. The van der Waals surface area contributed by atoms with Gasteiger partial charge >= 0.3 is 0 Å². The molecule has 26 heavy (non-hydrogen) atoms. The average Bonchev–Trinajstić information content (AvgIpc) is 2.67. The zero-order valence-corrected chi connectivity index (χ0v) is 15.2. The fourth-order valence-electron chi connectivity index (χ4n) is 3.08. The Morgan fingerprint density at radius 3 is 2.46 bits per heavy atom. The standard InChI is InChI=1S/C20H24N4O2/c1-3-23(4-2)19(12-16-8-6-5-7-9-16)15-22-20-11-10-18(24(25)26)13-17(20)14-21/h5-11,13,19,22H,3-4,12,15H2,1-2H3. The fourth-order valence-corrected chi connectivity index (χ4v) is 3.08. The van der Waals surface area contributed by atoms with Gasteiger partial charge in [0.1, 0.15) is 6.07 Å². The Kier molecular flexibility index (Phi) is 7.12. The SMILES string of the molecule is CCN(CC)C(CNc1ccc([N+](=O)[O-])cc1C#N)Cc1ccccc1. The van der Waals surface area contributed by atoms with Gasteiger partial charge in [0, 0.05) is 24.7 Å². The molecule has 2 aromatic rings. The van der Waals surface area contributed by atoms with Crippen molar-refractivity contribution in [3.05, 3.63) is 69.8 Å². The Bertz CT molecular complexity index is 767. The molecule has 0 radical (unpaired) electrons. The highest BCUT2D eigenvalue weighted by atomic mass is 16.6. The lowest BCUT2D eigenvalue weighted by Crippen LogP contribution is -2.41. The van der Waals surface area contributed by atoms with Crippen LogP contribution in [0.2, 0.25) is 0 Å². The molecule has 136 valence electrons. The van der Waals surface area contributed by atoms with E-state index in [9.17, 15) is 15.4 Å². The van der Waals surface area contributed by atoms with Crippen molar-refractivity contribution in [2.75, 3.05) is 25.0 Å². The highest BCUT2D eigenvalue weighted by Gasteiger charge is 2.17. The number of nitro benzene ring substituents is 1. The molecule has 0 aliphatic rings. The minimum Gasteiger partial charge on any atom is -0.382 e. The van der Waals surface area contributed by atoms with Crippen LogP contribution in [-0.4, -0.2) is 35.5 Å². The lowest BCUT2D eigenvalue weighted by Gasteiger charge is -2.30. The largest absolute Gasteiger partial charge is 0.382 e. The van der Waals surface area contributed by atoms with E-state index in [4.69, 9.17) is 0 Å². The molecule has 0 heterocycles. The third-order valence-electron chi connectivity index (χ3n) is 4.51. The Labute approximate surface area is 154 Å². The highest BCUT2D eigenvalue weighted by Crippen LogP contribution is 2.22. The second-order valence-corrected chi connectivity index (χ2v) is 6.04. The second-order valence-electron chi connectivity index (χ2n) is 6.04. The maximum Gasteiger partial charge on any atom is 0.270 e. The minimum absolute atomic E-state index is 0.0725. The molecule has 0 aliphatic heterocycles. The molecule has 0 bridgehead atoms. The summed E-state index contributed by atoms with van der Waals surface area (Å²) < 4.78 is 0. The van der Waals surface area contributed by atoms with Crippen molar-refractivity contribution < 1.29 is 4.92 Å². The Morgan fingerprint density at radius 2 is 1.88 bits per heavy atom. The lowest BCUT2D eigenvalue weighted by atomic mass is 10.0. The van der Waals surface area contributed by atoms with Crippen LogP contribution in [0, 0.1) is 21.4 Å². The summed E-state index contributed by atoms with van der Waals surface area (Å²) in [5.74, 6) is 0. The molecule has 0 aliphatic carbocycles. The number of nitrogens with one attached hydrogen (secondary N) is 1. The van der Waals surface area contributed by atoms with Crippen molar-refractivity contribution in [2.24, 2.45) is 0 Å². The second kappa shape index (κ2) is 9.54. The van der Waals surface area contributed by atoms with Gasteiger partial charge in [-0.05, 0) is 31.1 Å². The zero-order valence-electron chi connectivity index (χ0n) is 15.2. The molecule has 0 spiro atoms. The summed E-state index contributed by atoms with van der Waals surface area (Å²) in [6, 6.07) is 16.9. The van der Waals surface area contributed by atoms with Gasteiger partial charge in [0.15, 0.2) is 0 Å². The van der Waals surface area contributed by atoms with Crippen LogP contribution in [0.1, 0.15) is 25.0 Å². The van der Waals surface area contributed by atoms with Gasteiger partial charge in [-0.2, -0.15) is 5.26 Å². The van der Waals surface area contributed by atoms with Crippen molar-refractivity contribution in [2.45, 2.75) is 26.3 Å². The first-order chi connectivity index (χ1) is 12.6. The first-order valence-electron chi connectivity index (χ1n) is 8.79. The molecule has 1 unspecified atom stereocenters. The van der Waals surface area contributed by atoms with E-state index in [1.807, 2.05) is 24.3 Å². The average molecular weight is 352 g/mol. The normalized spacial score (nSPS) is 11.8. The van der Waals surface area contributed by atoms with Crippen LogP contribution in [0.15, 0.2) is 48.5 Å². The van der Waals surface area contributed by atoms with Gasteiger partial charge in [-0.1, -0.05) is 44.2 Å². The Morgan fingerprint density at radius 1 is 1.19 bits per heavy atom. The number of hydrogen-bond donors (Lipinski definition) is 1. The molecule has 6 nitrogen and oxygen atoms in total. The zero-order chi connectivity index (χ0) is 18.9. The number of non-ortho nitro benzene ring substituents is 1. The number of nitrogens with zero attached hydrogens (tertiary/aromatic N) is 3. The summed E-state index contributed by atoms with van der Waals surface area (Å²) in [6.07, 6.45) is 0.893. The monoisotopic (exact) mass is 352 g/mol. The summed E-state index contributed by atoms with van der Waals surface area (Å²) in [5.41, 5.74) is 2.10. The van der Waals surface area contributed by atoms with E-state index in [1.165, 1.54) is 17.7 Å². The van der Waals surface area contributed by atoms with Gasteiger partial charge < -0.3 is 5.32 Å². The first kappa shape index (κ1) is 19.4. The predicted octanol–water partition coefficient (Wildman–Crippen LogP) is 3.83. The number of nitro groups is 1. The van der Waals surface area contributed by atoms with Gasteiger partial charge in [-0.15, -0.1) is 0 Å². The summed E-state index contributed by atoms with van der Waals surface area (Å²) in [5, 5.41) is 23.5. The minimum atomic E-state index is -0.487. The van der Waals surface area contributed by atoms with Crippen molar-refractivity contribution in [1.29, 1.82) is 5.26 Å². The number of hydrogen-bond acceptors (Lipinski definition) is 5. The predicted molar refractivity (Wildman–Crippen MR) is 103 cm³/mol. The molecular weight excluding hydrogens is 328 g/mol. The molecule has 0 fully saturated rings. The number of likely N-dealkylation sites (N-methyl/N-ethyl adjacent to an activating group) is 1. The summed E-state index contributed by atoms with van der Waals surface area (Å²) >= 11 is 0. The quantitative estimate of drug-likeness (QED) is 0.548. The van der Waals surface area contributed by atoms with Crippen LogP contribution in [-0.2, 0) is 6.42 Å². The first-order valence-corrected chi connectivity index (χ1v) is 8.79. The molecule has 0 amide bonds. The maximum absolute atomic E-state index is 10.9. The summed E-state index contributed by atoms with van der Waals surface area (Å²) in [4.78, 5) is 12.8. The molecule has 2 aromatic carbocycles. The third-order valence-corrected chi connectivity index (χ3v) is 4.51. The van der Waals surface area contributed by atoms with Crippen LogP contribution in [0.4, 0.5) is 11.4 Å². The van der Waals surface area contributed by atoms with E-state index in [0.717, 1.165) is 19.5 Å². The maximum atomic E-state index is 10.9. The van der Waals surface area contributed by atoms with Crippen molar-refractivity contribution >= 4 is 11.4 Å². The van der Waals surface area contributed by atoms with E-state index in [2.05, 4.69) is 36.2 Å².